The van der Waals surface area contributed by atoms with E-state index in [1.54, 1.807) is 12.1 Å². The van der Waals surface area contributed by atoms with Gasteiger partial charge in [0.1, 0.15) is 5.82 Å². The quantitative estimate of drug-likeness (QED) is 0.883. The maximum Gasteiger partial charge on any atom is 0.107 e. The minimum atomic E-state index is 0.672. The van der Waals surface area contributed by atoms with Crippen LogP contribution in [0, 0.1) is 0 Å². The zero-order chi connectivity index (χ0) is 13.2. The molecule has 1 aromatic heterocycles. The molecule has 1 aliphatic rings. The van der Waals surface area contributed by atoms with Gasteiger partial charge in [0.25, 0.3) is 0 Å². The monoisotopic (exact) mass is 295 g/mol. The predicted octanol–water partition coefficient (Wildman–Crippen LogP) is 3.68. The van der Waals surface area contributed by atoms with Crippen molar-refractivity contribution in [1.82, 2.24) is 15.3 Å². The fourth-order valence-electron chi connectivity index (χ4n) is 2.01. The van der Waals surface area contributed by atoms with E-state index in [-0.39, 0.29) is 0 Å². The molecule has 0 radical (unpaired) electrons. The Morgan fingerprint density at radius 1 is 1.32 bits per heavy atom. The first kappa shape index (κ1) is 13.0. The lowest BCUT2D eigenvalue weighted by Gasteiger charge is -2.02. The topological polar surface area (TPSA) is 40.7 Å². The van der Waals surface area contributed by atoms with E-state index in [0.29, 0.717) is 10.0 Å². The lowest BCUT2D eigenvalue weighted by molar-refractivity contribution is 0.669. The van der Waals surface area contributed by atoms with Gasteiger partial charge in [-0.15, -0.1) is 0 Å². The summed E-state index contributed by atoms with van der Waals surface area (Å²) >= 11 is 12.2. The molecule has 0 bridgehead atoms. The van der Waals surface area contributed by atoms with E-state index in [4.69, 9.17) is 23.2 Å². The van der Waals surface area contributed by atoms with Gasteiger partial charge in [0.2, 0.25) is 0 Å². The second-order valence-electron chi connectivity index (χ2n) is 4.85. The van der Waals surface area contributed by atoms with Crippen molar-refractivity contribution in [1.29, 1.82) is 0 Å². The number of imidazole rings is 1. The third-order valence-corrected chi connectivity index (χ3v) is 3.78. The molecule has 2 N–H and O–H groups in total. The van der Waals surface area contributed by atoms with Crippen LogP contribution >= 0.6 is 23.2 Å². The first-order valence-electron chi connectivity index (χ1n) is 6.45. The lowest BCUT2D eigenvalue weighted by atomic mass is 10.2. The Morgan fingerprint density at radius 3 is 2.95 bits per heavy atom. The molecule has 0 unspecified atom stereocenters. The summed E-state index contributed by atoms with van der Waals surface area (Å²) in [7, 11) is 0. The van der Waals surface area contributed by atoms with Crippen molar-refractivity contribution in [3.63, 3.8) is 0 Å². The largest absolute Gasteiger partial charge is 0.342 e. The maximum absolute atomic E-state index is 6.18. The second kappa shape index (κ2) is 5.53. The molecule has 0 atom stereocenters. The molecule has 19 heavy (non-hydrogen) atoms. The molecule has 0 spiro atoms. The molecular formula is C14H15Cl2N3. The third kappa shape index (κ3) is 3.30. The fourth-order valence-corrected chi connectivity index (χ4v) is 2.40. The summed E-state index contributed by atoms with van der Waals surface area (Å²) in [5, 5.41) is 4.82. The molecule has 1 heterocycles. The molecule has 3 nitrogen and oxygen atoms in total. The number of aromatic nitrogens is 2. The average molecular weight is 296 g/mol. The molecule has 0 saturated heterocycles. The number of nitrogens with zero attached hydrogens (tertiary/aromatic N) is 1. The van der Waals surface area contributed by atoms with Crippen LogP contribution in [-0.4, -0.2) is 22.6 Å². The molecule has 1 fully saturated rings. The van der Waals surface area contributed by atoms with Crippen LogP contribution in [-0.2, 0) is 6.42 Å². The fraction of sp³-hybridized carbons (Fsp3) is 0.357. The number of hydrogen-bond acceptors (Lipinski definition) is 2. The number of halogens is 2. The van der Waals surface area contributed by atoms with E-state index >= 15 is 0 Å². The highest BCUT2D eigenvalue weighted by Crippen LogP contribution is 2.29. The highest BCUT2D eigenvalue weighted by molar-refractivity contribution is 6.35. The highest BCUT2D eigenvalue weighted by Gasteiger charge is 2.19. The predicted molar refractivity (Wildman–Crippen MR) is 78.8 cm³/mol. The number of rotatable bonds is 5. The minimum Gasteiger partial charge on any atom is -0.342 e. The van der Waals surface area contributed by atoms with Gasteiger partial charge in [-0.3, -0.25) is 0 Å². The molecule has 0 aliphatic heterocycles. The van der Waals surface area contributed by atoms with E-state index < -0.39 is 0 Å². The van der Waals surface area contributed by atoms with Gasteiger partial charge >= 0.3 is 0 Å². The Labute approximate surface area is 122 Å². The highest BCUT2D eigenvalue weighted by atomic mass is 35.5. The van der Waals surface area contributed by atoms with Gasteiger partial charge in [-0.2, -0.15) is 0 Å². The van der Waals surface area contributed by atoms with Crippen LogP contribution in [0.5, 0.6) is 0 Å². The van der Waals surface area contributed by atoms with Crippen molar-refractivity contribution in [3.05, 3.63) is 40.3 Å². The Kier molecular flexibility index (Phi) is 3.78. The second-order valence-corrected chi connectivity index (χ2v) is 5.69. The van der Waals surface area contributed by atoms with Crippen LogP contribution in [0.1, 0.15) is 18.7 Å². The van der Waals surface area contributed by atoms with Crippen LogP contribution in [0.4, 0.5) is 0 Å². The standard InChI is InChI=1S/C14H15Cl2N3/c15-9-1-4-12(16)11(7-9)13-8-18-14(19-13)5-6-17-10-2-3-10/h1,4,7-8,10,17H,2-3,5-6H2,(H,18,19). The SMILES string of the molecule is Clc1ccc(Cl)c(-c2cnc(CCNC3CC3)[nH]2)c1. The Balaban J connectivity index is 1.70. The van der Waals surface area contributed by atoms with Gasteiger partial charge in [0, 0.05) is 29.6 Å². The van der Waals surface area contributed by atoms with Crippen LogP contribution in [0.3, 0.4) is 0 Å². The third-order valence-electron chi connectivity index (χ3n) is 3.22. The first-order valence-corrected chi connectivity index (χ1v) is 7.20. The van der Waals surface area contributed by atoms with Crippen molar-refractivity contribution in [2.24, 2.45) is 0 Å². The number of H-pyrrole nitrogens is 1. The Bertz CT molecular complexity index is 576. The van der Waals surface area contributed by atoms with Gasteiger partial charge in [0.15, 0.2) is 0 Å². The smallest absolute Gasteiger partial charge is 0.107 e. The molecule has 2 aromatic rings. The van der Waals surface area contributed by atoms with E-state index in [0.717, 1.165) is 36.1 Å². The van der Waals surface area contributed by atoms with Crippen LogP contribution in [0.25, 0.3) is 11.3 Å². The number of hydrogen-bond donors (Lipinski definition) is 2. The minimum absolute atomic E-state index is 0.672. The van der Waals surface area contributed by atoms with E-state index in [1.807, 2.05) is 12.3 Å². The molecule has 1 aliphatic carbocycles. The van der Waals surface area contributed by atoms with E-state index in [9.17, 15) is 0 Å². The lowest BCUT2D eigenvalue weighted by Crippen LogP contribution is -2.19. The van der Waals surface area contributed by atoms with Crippen LogP contribution < -0.4 is 5.32 Å². The van der Waals surface area contributed by atoms with Crippen LogP contribution in [0.15, 0.2) is 24.4 Å². The van der Waals surface area contributed by atoms with E-state index in [1.165, 1.54) is 12.8 Å². The normalized spacial score (nSPS) is 14.8. The van der Waals surface area contributed by atoms with Gasteiger partial charge in [0.05, 0.1) is 16.9 Å². The molecule has 0 amide bonds. The van der Waals surface area contributed by atoms with E-state index in [2.05, 4.69) is 15.3 Å². The molecule has 1 aromatic carbocycles. The van der Waals surface area contributed by atoms with Gasteiger partial charge in [-0.25, -0.2) is 4.98 Å². The van der Waals surface area contributed by atoms with Crippen molar-refractivity contribution in [2.45, 2.75) is 25.3 Å². The summed E-state index contributed by atoms with van der Waals surface area (Å²) in [5.41, 5.74) is 1.80. The van der Waals surface area contributed by atoms with Crippen molar-refractivity contribution in [3.8, 4) is 11.3 Å². The van der Waals surface area contributed by atoms with Crippen molar-refractivity contribution in [2.75, 3.05) is 6.54 Å². The number of nitrogens with one attached hydrogen (secondary N) is 2. The molecule has 1 saturated carbocycles. The molecule has 3 rings (SSSR count). The summed E-state index contributed by atoms with van der Waals surface area (Å²) in [6, 6.07) is 6.17. The summed E-state index contributed by atoms with van der Waals surface area (Å²) in [6.07, 6.45) is 5.32. The zero-order valence-electron chi connectivity index (χ0n) is 10.4. The average Bonchev–Trinajstić information content (AvgIpc) is 3.10. The maximum atomic E-state index is 6.18. The Morgan fingerprint density at radius 2 is 2.16 bits per heavy atom. The van der Waals surface area contributed by atoms with Crippen molar-refractivity contribution >= 4 is 23.2 Å². The number of aromatic amines is 1. The first-order chi connectivity index (χ1) is 9.22. The van der Waals surface area contributed by atoms with Gasteiger partial charge in [-0.1, -0.05) is 23.2 Å². The van der Waals surface area contributed by atoms with Gasteiger partial charge in [-0.05, 0) is 31.0 Å². The summed E-state index contributed by atoms with van der Waals surface area (Å²) < 4.78 is 0. The summed E-state index contributed by atoms with van der Waals surface area (Å²) in [5.74, 6) is 0.971. The van der Waals surface area contributed by atoms with Crippen LogP contribution in [0.2, 0.25) is 10.0 Å². The molecule has 5 heteroatoms. The van der Waals surface area contributed by atoms with Gasteiger partial charge < -0.3 is 10.3 Å². The molecular weight excluding hydrogens is 281 g/mol. The zero-order valence-corrected chi connectivity index (χ0v) is 11.9. The van der Waals surface area contributed by atoms with Crippen molar-refractivity contribution < 1.29 is 0 Å². The summed E-state index contributed by atoms with van der Waals surface area (Å²) in [4.78, 5) is 7.68. The summed E-state index contributed by atoms with van der Waals surface area (Å²) in [6.45, 7) is 0.959. The molecule has 100 valence electrons. The Hall–Kier alpha value is -1.03. The number of benzene rings is 1.